The molecule has 2 aromatic rings. The van der Waals surface area contributed by atoms with E-state index in [-0.39, 0.29) is 0 Å². The zero-order chi connectivity index (χ0) is 10.4. The van der Waals surface area contributed by atoms with Crippen molar-refractivity contribution in [2.75, 3.05) is 5.84 Å². The topological polar surface area (TPSA) is 30.9 Å². The summed E-state index contributed by atoms with van der Waals surface area (Å²) in [5, 5.41) is 1.26. The van der Waals surface area contributed by atoms with Gasteiger partial charge in [0.2, 0.25) is 0 Å². The Hall–Kier alpha value is -1.70. The zero-order valence-electron chi connectivity index (χ0n) is 8.77. The van der Waals surface area contributed by atoms with Gasteiger partial charge in [0.25, 0.3) is 0 Å². The first-order valence-electron chi connectivity index (χ1n) is 5.33. The van der Waals surface area contributed by atoms with Crippen molar-refractivity contribution >= 4 is 17.0 Å². The standard InChI is InChI=1S/C13H14N2/c1-9-6-7-11-10-4-2-3-5-12(10)15(14)13(11)8-9/h2-7,9H,8,14H2,1H3. The molecule has 76 valence electrons. The molecule has 0 spiro atoms. The Bertz CT molecular complexity index is 549. The number of allylic oxidation sites excluding steroid dienone is 1. The number of para-hydroxylation sites is 1. The molecule has 0 bridgehead atoms. The molecule has 0 amide bonds. The summed E-state index contributed by atoms with van der Waals surface area (Å²) in [5.74, 6) is 6.69. The summed E-state index contributed by atoms with van der Waals surface area (Å²) in [4.78, 5) is 0. The van der Waals surface area contributed by atoms with E-state index in [9.17, 15) is 0 Å². The molecule has 1 unspecified atom stereocenters. The van der Waals surface area contributed by atoms with Crippen molar-refractivity contribution in [1.82, 2.24) is 4.68 Å². The summed E-state index contributed by atoms with van der Waals surface area (Å²) in [6, 6.07) is 8.31. The molecular formula is C13H14N2. The molecule has 2 N–H and O–H groups in total. The molecule has 1 aliphatic rings. The van der Waals surface area contributed by atoms with Crippen LogP contribution in [0.2, 0.25) is 0 Å². The van der Waals surface area contributed by atoms with E-state index in [2.05, 4.69) is 37.3 Å². The number of rotatable bonds is 0. The number of nitrogens with zero attached hydrogens (tertiary/aromatic N) is 1. The number of benzene rings is 1. The lowest BCUT2D eigenvalue weighted by Gasteiger charge is -2.13. The second-order valence-corrected chi connectivity index (χ2v) is 4.29. The molecule has 2 nitrogen and oxygen atoms in total. The van der Waals surface area contributed by atoms with E-state index in [1.807, 2.05) is 10.7 Å². The minimum absolute atomic E-state index is 0.587. The Morgan fingerprint density at radius 2 is 2.13 bits per heavy atom. The van der Waals surface area contributed by atoms with Gasteiger partial charge >= 0.3 is 0 Å². The molecular weight excluding hydrogens is 184 g/mol. The van der Waals surface area contributed by atoms with Crippen LogP contribution < -0.4 is 5.84 Å². The molecule has 0 fully saturated rings. The molecule has 1 heterocycles. The highest BCUT2D eigenvalue weighted by Crippen LogP contribution is 2.30. The van der Waals surface area contributed by atoms with Crippen LogP contribution >= 0.6 is 0 Å². The van der Waals surface area contributed by atoms with Gasteiger partial charge in [-0.3, -0.25) is 4.68 Å². The maximum atomic E-state index is 6.10. The highest BCUT2D eigenvalue weighted by atomic mass is 15.3. The second-order valence-electron chi connectivity index (χ2n) is 4.29. The Labute approximate surface area is 89.0 Å². The molecule has 3 rings (SSSR count). The minimum Gasteiger partial charge on any atom is -0.339 e. The minimum atomic E-state index is 0.587. The summed E-state index contributed by atoms with van der Waals surface area (Å²) in [7, 11) is 0. The van der Waals surface area contributed by atoms with Crippen LogP contribution in [0.3, 0.4) is 0 Å². The predicted octanol–water partition coefficient (Wildman–Crippen LogP) is 2.56. The lowest BCUT2D eigenvalue weighted by Crippen LogP contribution is -2.15. The Morgan fingerprint density at radius 3 is 3.00 bits per heavy atom. The van der Waals surface area contributed by atoms with Crippen molar-refractivity contribution in [3.8, 4) is 0 Å². The molecule has 0 radical (unpaired) electrons. The molecule has 0 aliphatic heterocycles. The van der Waals surface area contributed by atoms with Gasteiger partial charge in [-0.2, -0.15) is 0 Å². The summed E-state index contributed by atoms with van der Waals surface area (Å²) in [6.45, 7) is 2.22. The zero-order valence-corrected chi connectivity index (χ0v) is 8.77. The number of nitrogen functional groups attached to an aromatic ring is 1. The SMILES string of the molecule is CC1C=Cc2c(n(N)c3ccccc23)C1. The number of fused-ring (bicyclic) bond motifs is 3. The number of hydrogen-bond acceptors (Lipinski definition) is 1. The lowest BCUT2D eigenvalue weighted by atomic mass is 9.95. The van der Waals surface area contributed by atoms with Crippen molar-refractivity contribution in [3.05, 3.63) is 41.6 Å². The maximum absolute atomic E-state index is 6.10. The van der Waals surface area contributed by atoms with Gasteiger partial charge in [0.05, 0.1) is 5.52 Å². The smallest absolute Gasteiger partial charge is 0.0699 e. The first-order valence-corrected chi connectivity index (χ1v) is 5.33. The predicted molar refractivity (Wildman–Crippen MR) is 64.0 cm³/mol. The van der Waals surface area contributed by atoms with E-state index in [1.165, 1.54) is 16.6 Å². The third-order valence-electron chi connectivity index (χ3n) is 3.16. The third-order valence-corrected chi connectivity index (χ3v) is 3.16. The van der Waals surface area contributed by atoms with Crippen molar-refractivity contribution in [2.45, 2.75) is 13.3 Å². The van der Waals surface area contributed by atoms with Gasteiger partial charge in [0.15, 0.2) is 0 Å². The molecule has 1 aromatic heterocycles. The summed E-state index contributed by atoms with van der Waals surface area (Å²) in [6.07, 6.45) is 5.50. The summed E-state index contributed by atoms with van der Waals surface area (Å²) >= 11 is 0. The van der Waals surface area contributed by atoms with E-state index < -0.39 is 0 Å². The highest BCUT2D eigenvalue weighted by Gasteiger charge is 2.18. The quantitative estimate of drug-likeness (QED) is 0.648. The van der Waals surface area contributed by atoms with Crippen LogP contribution in [-0.4, -0.2) is 4.68 Å². The van der Waals surface area contributed by atoms with Gasteiger partial charge in [0, 0.05) is 16.6 Å². The van der Waals surface area contributed by atoms with Crippen molar-refractivity contribution in [3.63, 3.8) is 0 Å². The third kappa shape index (κ3) is 1.11. The van der Waals surface area contributed by atoms with E-state index in [4.69, 9.17) is 5.84 Å². The number of hydrogen-bond donors (Lipinski definition) is 1. The molecule has 1 aromatic carbocycles. The fourth-order valence-electron chi connectivity index (χ4n) is 2.37. The normalized spacial score (nSPS) is 19.4. The molecule has 0 saturated heterocycles. The molecule has 0 saturated carbocycles. The van der Waals surface area contributed by atoms with Crippen LogP contribution in [0.25, 0.3) is 17.0 Å². The fourth-order valence-corrected chi connectivity index (χ4v) is 2.37. The van der Waals surface area contributed by atoms with Crippen LogP contribution in [0, 0.1) is 5.92 Å². The van der Waals surface area contributed by atoms with Gasteiger partial charge in [-0.25, -0.2) is 0 Å². The highest BCUT2D eigenvalue weighted by molar-refractivity contribution is 5.91. The lowest BCUT2D eigenvalue weighted by molar-refractivity contribution is 0.684. The summed E-state index contributed by atoms with van der Waals surface area (Å²) in [5.41, 5.74) is 3.68. The molecule has 1 aliphatic carbocycles. The molecule has 15 heavy (non-hydrogen) atoms. The van der Waals surface area contributed by atoms with Gasteiger partial charge < -0.3 is 5.84 Å². The van der Waals surface area contributed by atoms with E-state index >= 15 is 0 Å². The Kier molecular flexibility index (Phi) is 1.66. The van der Waals surface area contributed by atoms with Gasteiger partial charge in [-0.05, 0) is 18.4 Å². The van der Waals surface area contributed by atoms with E-state index in [0.29, 0.717) is 5.92 Å². The van der Waals surface area contributed by atoms with Crippen LogP contribution in [0.4, 0.5) is 0 Å². The van der Waals surface area contributed by atoms with Crippen LogP contribution in [0.5, 0.6) is 0 Å². The molecule has 1 atom stereocenters. The Balaban J connectivity index is 2.39. The van der Waals surface area contributed by atoms with Gasteiger partial charge in [0.1, 0.15) is 0 Å². The van der Waals surface area contributed by atoms with E-state index in [0.717, 1.165) is 11.9 Å². The first-order chi connectivity index (χ1) is 7.27. The maximum Gasteiger partial charge on any atom is 0.0699 e. The van der Waals surface area contributed by atoms with Crippen molar-refractivity contribution < 1.29 is 0 Å². The number of nitrogens with two attached hydrogens (primary N) is 1. The van der Waals surface area contributed by atoms with Gasteiger partial charge in [-0.1, -0.05) is 37.3 Å². The molecule has 2 heteroatoms. The average Bonchev–Trinajstić information content (AvgIpc) is 2.54. The fraction of sp³-hybridized carbons (Fsp3) is 0.231. The van der Waals surface area contributed by atoms with Crippen LogP contribution in [0.1, 0.15) is 18.2 Å². The first kappa shape index (κ1) is 8.60. The summed E-state index contributed by atoms with van der Waals surface area (Å²) < 4.78 is 1.84. The Morgan fingerprint density at radius 1 is 1.33 bits per heavy atom. The van der Waals surface area contributed by atoms with Crippen LogP contribution in [0.15, 0.2) is 30.3 Å². The van der Waals surface area contributed by atoms with E-state index in [1.54, 1.807) is 0 Å². The monoisotopic (exact) mass is 198 g/mol. The van der Waals surface area contributed by atoms with Crippen molar-refractivity contribution in [2.24, 2.45) is 5.92 Å². The van der Waals surface area contributed by atoms with Crippen LogP contribution in [-0.2, 0) is 6.42 Å². The van der Waals surface area contributed by atoms with Crippen molar-refractivity contribution in [1.29, 1.82) is 0 Å². The van der Waals surface area contributed by atoms with Gasteiger partial charge in [-0.15, -0.1) is 0 Å². The second kappa shape index (κ2) is 2.89. The average molecular weight is 198 g/mol. The number of aromatic nitrogens is 1. The largest absolute Gasteiger partial charge is 0.339 e.